The molecule has 33 heavy (non-hydrogen) atoms. The Bertz CT molecular complexity index is 1140. The zero-order valence-corrected chi connectivity index (χ0v) is 18.2. The minimum Gasteiger partial charge on any atom is -0.508 e. The van der Waals surface area contributed by atoms with E-state index in [0.29, 0.717) is 47.6 Å². The fourth-order valence-electron chi connectivity index (χ4n) is 4.36. The monoisotopic (exact) mass is 447 g/mol. The van der Waals surface area contributed by atoms with Gasteiger partial charge in [0.15, 0.2) is 0 Å². The SMILES string of the molecule is Cc1cc(OCCCCC(=O)O)cc2c1NC(=O)C2(c1ccc(O)cc1)c1ccc(O)cc1. The molecule has 0 bridgehead atoms. The zero-order valence-electron chi connectivity index (χ0n) is 18.2. The van der Waals surface area contributed by atoms with Crippen LogP contribution in [0.5, 0.6) is 17.2 Å². The molecule has 0 atom stereocenters. The average Bonchev–Trinajstić information content (AvgIpc) is 3.08. The summed E-state index contributed by atoms with van der Waals surface area (Å²) in [5.41, 5.74) is 2.37. The van der Waals surface area contributed by atoms with E-state index in [0.717, 1.165) is 5.56 Å². The Balaban J connectivity index is 1.80. The van der Waals surface area contributed by atoms with Crippen LogP contribution in [0, 0.1) is 6.92 Å². The Hall–Kier alpha value is -4.00. The van der Waals surface area contributed by atoms with Gasteiger partial charge in [0.25, 0.3) is 0 Å². The summed E-state index contributed by atoms with van der Waals surface area (Å²) in [6, 6.07) is 16.7. The summed E-state index contributed by atoms with van der Waals surface area (Å²) in [4.78, 5) is 24.3. The summed E-state index contributed by atoms with van der Waals surface area (Å²) in [7, 11) is 0. The number of carbonyl (C=O) groups excluding carboxylic acids is 1. The van der Waals surface area contributed by atoms with Gasteiger partial charge in [-0.25, -0.2) is 0 Å². The molecule has 0 saturated carbocycles. The van der Waals surface area contributed by atoms with Crippen LogP contribution in [0.3, 0.4) is 0 Å². The highest BCUT2D eigenvalue weighted by atomic mass is 16.5. The molecule has 0 fully saturated rings. The van der Waals surface area contributed by atoms with E-state index >= 15 is 0 Å². The lowest BCUT2D eigenvalue weighted by Gasteiger charge is -2.29. The molecule has 7 nitrogen and oxygen atoms in total. The lowest BCUT2D eigenvalue weighted by atomic mass is 9.70. The number of phenolic OH excluding ortho intramolecular Hbond substituents is 2. The van der Waals surface area contributed by atoms with Crippen LogP contribution in [0.2, 0.25) is 0 Å². The Morgan fingerprint density at radius 2 is 1.52 bits per heavy atom. The van der Waals surface area contributed by atoms with Gasteiger partial charge in [-0.15, -0.1) is 0 Å². The lowest BCUT2D eigenvalue weighted by Crippen LogP contribution is -2.37. The molecule has 1 amide bonds. The second kappa shape index (κ2) is 8.86. The lowest BCUT2D eigenvalue weighted by molar-refractivity contribution is -0.137. The normalized spacial score (nSPS) is 13.9. The summed E-state index contributed by atoms with van der Waals surface area (Å²) in [6.45, 7) is 2.25. The van der Waals surface area contributed by atoms with E-state index < -0.39 is 11.4 Å². The molecule has 0 aromatic heterocycles. The van der Waals surface area contributed by atoms with Crippen molar-refractivity contribution in [2.45, 2.75) is 31.6 Å². The second-order valence-corrected chi connectivity index (χ2v) is 8.16. The summed E-state index contributed by atoms with van der Waals surface area (Å²) in [6.07, 6.45) is 1.21. The molecule has 0 saturated heterocycles. The molecule has 3 aromatic carbocycles. The number of carboxylic acid groups (broad SMARTS) is 1. The first-order valence-electron chi connectivity index (χ1n) is 10.7. The number of hydrogen-bond acceptors (Lipinski definition) is 5. The molecule has 1 aliphatic rings. The van der Waals surface area contributed by atoms with Crippen LogP contribution in [-0.4, -0.2) is 33.8 Å². The van der Waals surface area contributed by atoms with Gasteiger partial charge in [-0.3, -0.25) is 9.59 Å². The van der Waals surface area contributed by atoms with Crippen molar-refractivity contribution in [1.29, 1.82) is 0 Å². The Morgan fingerprint density at radius 1 is 0.939 bits per heavy atom. The van der Waals surface area contributed by atoms with Gasteiger partial charge in [0, 0.05) is 17.7 Å². The van der Waals surface area contributed by atoms with Crippen LogP contribution in [0.15, 0.2) is 60.7 Å². The number of benzene rings is 3. The average molecular weight is 447 g/mol. The molecule has 1 aliphatic heterocycles. The van der Waals surface area contributed by atoms with E-state index in [9.17, 15) is 19.8 Å². The number of rotatable bonds is 8. The van der Waals surface area contributed by atoms with Crippen LogP contribution in [0.1, 0.15) is 41.5 Å². The van der Waals surface area contributed by atoms with Crippen molar-refractivity contribution in [3.05, 3.63) is 82.9 Å². The van der Waals surface area contributed by atoms with E-state index in [1.165, 1.54) is 0 Å². The molecule has 0 aliphatic carbocycles. The molecule has 4 rings (SSSR count). The maximum Gasteiger partial charge on any atom is 0.303 e. The Labute approximate surface area is 191 Å². The molecule has 0 radical (unpaired) electrons. The molecule has 1 heterocycles. The molecule has 170 valence electrons. The van der Waals surface area contributed by atoms with E-state index in [4.69, 9.17) is 9.84 Å². The number of aromatic hydroxyl groups is 2. The molecule has 3 aromatic rings. The quantitative estimate of drug-likeness (QED) is 0.382. The van der Waals surface area contributed by atoms with Crippen LogP contribution < -0.4 is 10.1 Å². The van der Waals surface area contributed by atoms with Gasteiger partial charge in [0.1, 0.15) is 22.7 Å². The molecule has 0 spiro atoms. The van der Waals surface area contributed by atoms with Crippen molar-refractivity contribution in [3.63, 3.8) is 0 Å². The third kappa shape index (κ3) is 4.09. The fourth-order valence-corrected chi connectivity index (χ4v) is 4.36. The van der Waals surface area contributed by atoms with E-state index in [2.05, 4.69) is 5.32 Å². The highest BCUT2D eigenvalue weighted by molar-refractivity contribution is 6.12. The third-order valence-corrected chi connectivity index (χ3v) is 5.95. The number of anilines is 1. The van der Waals surface area contributed by atoms with Gasteiger partial charge in [-0.2, -0.15) is 0 Å². The number of hydrogen-bond donors (Lipinski definition) is 4. The number of carboxylic acids is 1. The maximum absolute atomic E-state index is 13.6. The van der Waals surface area contributed by atoms with Gasteiger partial charge >= 0.3 is 5.97 Å². The first-order chi connectivity index (χ1) is 15.8. The van der Waals surface area contributed by atoms with Crippen molar-refractivity contribution in [2.75, 3.05) is 11.9 Å². The van der Waals surface area contributed by atoms with Gasteiger partial charge in [0.2, 0.25) is 5.91 Å². The minimum absolute atomic E-state index is 0.0906. The van der Waals surface area contributed by atoms with E-state index in [1.807, 2.05) is 19.1 Å². The number of fused-ring (bicyclic) bond motifs is 1. The standard InChI is InChI=1S/C26H25NO6/c1-16-14-21(33-13-3-2-4-23(30)31)15-22-24(16)27-25(32)26(22,17-5-9-19(28)10-6-17)18-7-11-20(29)12-8-18/h5-12,14-15,28-29H,2-4,13H2,1H3,(H,27,32)(H,30,31). The smallest absolute Gasteiger partial charge is 0.303 e. The summed E-state index contributed by atoms with van der Waals surface area (Å²) >= 11 is 0. The van der Waals surface area contributed by atoms with Crippen molar-refractivity contribution in [2.24, 2.45) is 0 Å². The molecule has 4 N–H and O–H groups in total. The molecule has 0 unspecified atom stereocenters. The maximum atomic E-state index is 13.6. The Kier molecular flexibility index (Phi) is 5.96. The van der Waals surface area contributed by atoms with Crippen molar-refractivity contribution in [1.82, 2.24) is 0 Å². The minimum atomic E-state index is -1.20. The van der Waals surface area contributed by atoms with Gasteiger partial charge < -0.3 is 25.4 Å². The number of carbonyl (C=O) groups is 2. The molecular weight excluding hydrogens is 422 g/mol. The highest BCUT2D eigenvalue weighted by Crippen LogP contribution is 2.50. The van der Waals surface area contributed by atoms with Gasteiger partial charge in [-0.05, 0) is 72.9 Å². The number of amides is 1. The van der Waals surface area contributed by atoms with Crippen molar-refractivity contribution < 1.29 is 29.6 Å². The van der Waals surface area contributed by atoms with Gasteiger partial charge in [-0.1, -0.05) is 24.3 Å². The van der Waals surface area contributed by atoms with Crippen LogP contribution in [-0.2, 0) is 15.0 Å². The number of ether oxygens (including phenoxy) is 1. The molecule has 7 heteroatoms. The second-order valence-electron chi connectivity index (χ2n) is 8.16. The zero-order chi connectivity index (χ0) is 23.6. The topological polar surface area (TPSA) is 116 Å². The first kappa shape index (κ1) is 22.2. The third-order valence-electron chi connectivity index (χ3n) is 5.95. The predicted octanol–water partition coefficient (Wildman–Crippen LogP) is 4.33. The highest BCUT2D eigenvalue weighted by Gasteiger charge is 2.50. The first-order valence-corrected chi connectivity index (χ1v) is 10.7. The Morgan fingerprint density at radius 3 is 2.06 bits per heavy atom. The van der Waals surface area contributed by atoms with E-state index in [1.54, 1.807) is 48.5 Å². The number of aliphatic carboxylic acids is 1. The van der Waals surface area contributed by atoms with Crippen molar-refractivity contribution in [3.8, 4) is 17.2 Å². The number of aryl methyl sites for hydroxylation is 1. The van der Waals surface area contributed by atoms with Crippen LogP contribution >= 0.6 is 0 Å². The van der Waals surface area contributed by atoms with Crippen LogP contribution in [0.4, 0.5) is 5.69 Å². The predicted molar refractivity (Wildman–Crippen MR) is 123 cm³/mol. The van der Waals surface area contributed by atoms with Crippen molar-refractivity contribution >= 4 is 17.6 Å². The number of phenols is 2. The summed E-state index contributed by atoms with van der Waals surface area (Å²) in [5, 5.41) is 31.5. The van der Waals surface area contributed by atoms with Gasteiger partial charge in [0.05, 0.1) is 6.61 Å². The van der Waals surface area contributed by atoms with E-state index in [-0.39, 0.29) is 23.8 Å². The summed E-state index contributed by atoms with van der Waals surface area (Å²) < 4.78 is 5.92. The summed E-state index contributed by atoms with van der Waals surface area (Å²) in [5.74, 6) is -0.308. The molecular formula is C26H25NO6. The van der Waals surface area contributed by atoms with Crippen LogP contribution in [0.25, 0.3) is 0 Å². The number of nitrogens with one attached hydrogen (secondary N) is 1. The fraction of sp³-hybridized carbons (Fsp3) is 0.231. The largest absolute Gasteiger partial charge is 0.508 e. The number of unbranched alkanes of at least 4 members (excludes halogenated alkanes) is 1.